The van der Waals surface area contributed by atoms with Crippen molar-refractivity contribution in [2.75, 3.05) is 6.54 Å². The van der Waals surface area contributed by atoms with E-state index in [9.17, 15) is 8.78 Å². The highest BCUT2D eigenvalue weighted by Crippen LogP contribution is 2.27. The van der Waals surface area contributed by atoms with Crippen molar-refractivity contribution in [1.82, 2.24) is 9.78 Å². The van der Waals surface area contributed by atoms with Crippen molar-refractivity contribution in [2.24, 2.45) is 5.73 Å². The lowest BCUT2D eigenvalue weighted by Crippen LogP contribution is -2.21. The van der Waals surface area contributed by atoms with Crippen LogP contribution in [0.4, 0.5) is 8.78 Å². The molecular formula is C10H17F2N3. The van der Waals surface area contributed by atoms with E-state index in [1.807, 2.05) is 13.8 Å². The molecule has 5 heteroatoms. The molecule has 3 nitrogen and oxygen atoms in total. The van der Waals surface area contributed by atoms with Crippen molar-refractivity contribution in [3.63, 3.8) is 0 Å². The summed E-state index contributed by atoms with van der Waals surface area (Å²) < 4.78 is 27.2. The van der Waals surface area contributed by atoms with Gasteiger partial charge in [0.2, 0.25) is 6.43 Å². The topological polar surface area (TPSA) is 43.8 Å². The average molecular weight is 217 g/mol. The number of rotatable bonds is 4. The third kappa shape index (κ3) is 2.17. The van der Waals surface area contributed by atoms with Crippen molar-refractivity contribution < 1.29 is 8.78 Å². The molecule has 1 rings (SSSR count). The second-order valence-corrected chi connectivity index (χ2v) is 3.58. The Bertz CT molecular complexity index is 334. The maximum atomic E-state index is 12.7. The predicted octanol–water partition coefficient (Wildman–Crippen LogP) is 1.83. The van der Waals surface area contributed by atoms with Crippen molar-refractivity contribution in [1.29, 1.82) is 0 Å². The van der Waals surface area contributed by atoms with E-state index in [-0.39, 0.29) is 6.54 Å². The summed E-state index contributed by atoms with van der Waals surface area (Å²) in [5, 5.41) is 4.21. The van der Waals surface area contributed by atoms with Crippen LogP contribution >= 0.6 is 0 Å². The van der Waals surface area contributed by atoms with Gasteiger partial charge in [0.1, 0.15) is 0 Å². The largest absolute Gasteiger partial charge is 0.330 e. The molecule has 0 aliphatic carbocycles. The van der Waals surface area contributed by atoms with E-state index in [0.717, 1.165) is 5.69 Å². The molecule has 0 aliphatic rings. The van der Waals surface area contributed by atoms with Crippen LogP contribution in [0.5, 0.6) is 0 Å². The van der Waals surface area contributed by atoms with E-state index in [1.165, 1.54) is 0 Å². The predicted molar refractivity (Wildman–Crippen MR) is 55.2 cm³/mol. The van der Waals surface area contributed by atoms with E-state index in [0.29, 0.717) is 17.8 Å². The van der Waals surface area contributed by atoms with Crippen molar-refractivity contribution >= 4 is 0 Å². The third-order valence-corrected chi connectivity index (χ3v) is 2.67. The van der Waals surface area contributed by atoms with Gasteiger partial charge in [-0.1, -0.05) is 0 Å². The first-order valence-electron chi connectivity index (χ1n) is 5.05. The molecule has 0 fully saturated rings. The number of halogens is 2. The van der Waals surface area contributed by atoms with E-state index in [4.69, 9.17) is 5.73 Å². The molecule has 0 saturated heterocycles. The van der Waals surface area contributed by atoms with Gasteiger partial charge < -0.3 is 5.73 Å². The zero-order valence-corrected chi connectivity index (χ0v) is 9.30. The fourth-order valence-corrected chi connectivity index (χ4v) is 1.90. The van der Waals surface area contributed by atoms with Gasteiger partial charge in [-0.3, -0.25) is 4.68 Å². The van der Waals surface area contributed by atoms with Crippen LogP contribution in [-0.2, 0) is 6.54 Å². The lowest BCUT2D eigenvalue weighted by atomic mass is 9.98. The number of aryl methyl sites for hydroxylation is 2. The third-order valence-electron chi connectivity index (χ3n) is 2.67. The first-order valence-corrected chi connectivity index (χ1v) is 5.05. The SMILES string of the molecule is CCn1nc(C)c(C(CN)C(F)F)c1C. The Hall–Kier alpha value is -0.970. The number of hydrogen-bond acceptors (Lipinski definition) is 2. The molecule has 15 heavy (non-hydrogen) atoms. The molecule has 0 aliphatic heterocycles. The second-order valence-electron chi connectivity index (χ2n) is 3.58. The van der Waals surface area contributed by atoms with Crippen LogP contribution in [0.2, 0.25) is 0 Å². The maximum Gasteiger partial charge on any atom is 0.246 e. The monoisotopic (exact) mass is 217 g/mol. The summed E-state index contributed by atoms with van der Waals surface area (Å²) in [5.41, 5.74) is 7.44. The summed E-state index contributed by atoms with van der Waals surface area (Å²) in [6, 6.07) is 0. The van der Waals surface area contributed by atoms with Crippen LogP contribution in [0.25, 0.3) is 0 Å². The highest BCUT2D eigenvalue weighted by molar-refractivity contribution is 5.29. The Kier molecular flexibility index (Phi) is 3.79. The molecule has 1 atom stereocenters. The lowest BCUT2D eigenvalue weighted by molar-refractivity contribution is 0.116. The minimum absolute atomic E-state index is 0.0469. The molecule has 1 heterocycles. The van der Waals surface area contributed by atoms with Crippen LogP contribution in [0.15, 0.2) is 0 Å². The van der Waals surface area contributed by atoms with Crippen LogP contribution in [-0.4, -0.2) is 22.8 Å². The zero-order chi connectivity index (χ0) is 11.6. The average Bonchev–Trinajstić information content (AvgIpc) is 2.45. The Morgan fingerprint density at radius 3 is 2.33 bits per heavy atom. The van der Waals surface area contributed by atoms with Gasteiger partial charge in [0.25, 0.3) is 0 Å². The number of hydrogen-bond donors (Lipinski definition) is 1. The lowest BCUT2D eigenvalue weighted by Gasteiger charge is -2.14. The van der Waals surface area contributed by atoms with E-state index in [2.05, 4.69) is 5.10 Å². The van der Waals surface area contributed by atoms with Crippen LogP contribution < -0.4 is 5.73 Å². The molecule has 2 N–H and O–H groups in total. The van der Waals surface area contributed by atoms with E-state index in [1.54, 1.807) is 11.6 Å². The number of nitrogens with two attached hydrogens (primary N) is 1. The molecule has 0 amide bonds. The van der Waals surface area contributed by atoms with Crippen LogP contribution in [0.1, 0.15) is 29.8 Å². The van der Waals surface area contributed by atoms with Gasteiger partial charge in [-0.25, -0.2) is 8.78 Å². The summed E-state index contributed by atoms with van der Waals surface area (Å²) in [7, 11) is 0. The first kappa shape index (κ1) is 12.1. The molecule has 0 bridgehead atoms. The number of aromatic nitrogens is 2. The number of alkyl halides is 2. The molecule has 0 saturated carbocycles. The highest BCUT2D eigenvalue weighted by Gasteiger charge is 2.26. The maximum absolute atomic E-state index is 12.7. The number of nitrogens with zero attached hydrogens (tertiary/aromatic N) is 2. The fourth-order valence-electron chi connectivity index (χ4n) is 1.90. The summed E-state index contributed by atoms with van der Waals surface area (Å²) in [6.45, 7) is 6.13. The second kappa shape index (κ2) is 4.70. The minimum Gasteiger partial charge on any atom is -0.330 e. The van der Waals surface area contributed by atoms with Gasteiger partial charge in [0, 0.05) is 24.3 Å². The van der Waals surface area contributed by atoms with Gasteiger partial charge in [-0.15, -0.1) is 0 Å². The molecule has 86 valence electrons. The normalized spacial score (nSPS) is 13.5. The van der Waals surface area contributed by atoms with Gasteiger partial charge in [0.05, 0.1) is 11.6 Å². The zero-order valence-electron chi connectivity index (χ0n) is 9.30. The van der Waals surface area contributed by atoms with Crippen molar-refractivity contribution in [2.45, 2.75) is 39.7 Å². The van der Waals surface area contributed by atoms with E-state index < -0.39 is 12.3 Å². The smallest absolute Gasteiger partial charge is 0.246 e. The molecule has 1 aromatic heterocycles. The van der Waals surface area contributed by atoms with E-state index >= 15 is 0 Å². The molecule has 0 radical (unpaired) electrons. The van der Waals surface area contributed by atoms with Crippen LogP contribution in [0.3, 0.4) is 0 Å². The summed E-state index contributed by atoms with van der Waals surface area (Å²) in [4.78, 5) is 0. The molecular weight excluding hydrogens is 200 g/mol. The fraction of sp³-hybridized carbons (Fsp3) is 0.700. The highest BCUT2D eigenvalue weighted by atomic mass is 19.3. The molecule has 1 aromatic rings. The summed E-state index contributed by atoms with van der Waals surface area (Å²) >= 11 is 0. The molecule has 1 unspecified atom stereocenters. The quantitative estimate of drug-likeness (QED) is 0.836. The van der Waals surface area contributed by atoms with Crippen molar-refractivity contribution in [3.8, 4) is 0 Å². The molecule has 0 spiro atoms. The Morgan fingerprint density at radius 2 is 2.00 bits per heavy atom. The van der Waals surface area contributed by atoms with Gasteiger partial charge in [-0.2, -0.15) is 5.10 Å². The van der Waals surface area contributed by atoms with Gasteiger partial charge >= 0.3 is 0 Å². The Labute approximate surface area is 88.3 Å². The first-order chi connectivity index (χ1) is 7.02. The standard InChI is InChI=1S/C10H17F2N3/c1-4-15-7(3)9(6(2)14-15)8(5-13)10(11)12/h8,10H,4-5,13H2,1-3H3. The Balaban J connectivity index is 3.17. The summed E-state index contributed by atoms with van der Waals surface area (Å²) in [5.74, 6) is -0.898. The van der Waals surface area contributed by atoms with Crippen molar-refractivity contribution in [3.05, 3.63) is 17.0 Å². The minimum atomic E-state index is -2.43. The molecule has 0 aromatic carbocycles. The van der Waals surface area contributed by atoms with Gasteiger partial charge in [-0.05, 0) is 20.8 Å². The van der Waals surface area contributed by atoms with Crippen LogP contribution in [0, 0.1) is 13.8 Å². The summed E-state index contributed by atoms with van der Waals surface area (Å²) in [6.07, 6.45) is -2.43. The Morgan fingerprint density at radius 1 is 1.40 bits per heavy atom. The van der Waals surface area contributed by atoms with Gasteiger partial charge in [0.15, 0.2) is 0 Å².